The topological polar surface area (TPSA) is 38.3 Å². The molecule has 1 rings (SSSR count). The lowest BCUT2D eigenvalue weighted by Gasteiger charge is -2.10. The van der Waals surface area contributed by atoms with Crippen molar-refractivity contribution >= 4 is 23.2 Å². The lowest BCUT2D eigenvalue weighted by Crippen LogP contribution is -2.08. The fourth-order valence-corrected chi connectivity index (χ4v) is 1.18. The second-order valence-electron chi connectivity index (χ2n) is 2.99. The number of hydrogen-bond acceptors (Lipinski definition) is 2. The summed E-state index contributed by atoms with van der Waals surface area (Å²) in [6.07, 6.45) is 0.777. The van der Waals surface area contributed by atoms with Crippen LogP contribution in [0, 0.1) is 6.07 Å². The fourth-order valence-electron chi connectivity index (χ4n) is 1.07. The van der Waals surface area contributed by atoms with Crippen LogP contribution < -0.4 is 10.1 Å². The molecule has 0 atom stereocenters. The van der Waals surface area contributed by atoms with Crippen LogP contribution in [-0.2, 0) is 4.79 Å². The van der Waals surface area contributed by atoms with E-state index in [1.807, 2.05) is 0 Å². The highest BCUT2D eigenvalue weighted by Gasteiger charge is 2.03. The van der Waals surface area contributed by atoms with E-state index >= 15 is 0 Å². The van der Waals surface area contributed by atoms with Crippen molar-refractivity contribution in [2.45, 2.75) is 13.3 Å². The third kappa shape index (κ3) is 4.21. The number of carbonyl (C=O) groups is 1. The minimum absolute atomic E-state index is 0.128. The molecule has 1 N–H and O–H groups in total. The average molecular weight is 227 g/mol. The second-order valence-corrected chi connectivity index (χ2v) is 3.37. The molecule has 0 heterocycles. The van der Waals surface area contributed by atoms with Gasteiger partial charge in [-0.15, -0.1) is 11.6 Å². The Kier molecular flexibility index (Phi) is 4.98. The standard InChI is InChI=1S/C11H13ClNO2/c1-9(14)13-10-5-2-3-6-11(10)15-8-4-7-12/h3,5-6H,4,7-8H2,1H3,(H,13,14). The Morgan fingerprint density at radius 2 is 2.47 bits per heavy atom. The highest BCUT2D eigenvalue weighted by atomic mass is 35.5. The van der Waals surface area contributed by atoms with Gasteiger partial charge in [0, 0.05) is 12.8 Å². The largest absolute Gasteiger partial charge is 0.491 e. The molecule has 0 aromatic heterocycles. The molecule has 1 aromatic rings. The summed E-state index contributed by atoms with van der Waals surface area (Å²) in [5.41, 5.74) is 0.638. The average Bonchev–Trinajstić information content (AvgIpc) is 2.20. The molecule has 0 saturated carbocycles. The van der Waals surface area contributed by atoms with Crippen molar-refractivity contribution < 1.29 is 9.53 Å². The van der Waals surface area contributed by atoms with Gasteiger partial charge in [0.25, 0.3) is 0 Å². The zero-order valence-corrected chi connectivity index (χ0v) is 9.30. The third-order valence-electron chi connectivity index (χ3n) is 1.67. The molecule has 1 amide bonds. The van der Waals surface area contributed by atoms with Crippen LogP contribution in [0.25, 0.3) is 0 Å². The van der Waals surface area contributed by atoms with Crippen LogP contribution in [0.2, 0.25) is 0 Å². The number of halogens is 1. The van der Waals surface area contributed by atoms with Crippen molar-refractivity contribution in [2.24, 2.45) is 0 Å². The van der Waals surface area contributed by atoms with Crippen LogP contribution in [0.4, 0.5) is 5.69 Å². The first-order valence-electron chi connectivity index (χ1n) is 4.70. The minimum Gasteiger partial charge on any atom is -0.491 e. The molecule has 15 heavy (non-hydrogen) atoms. The summed E-state index contributed by atoms with van der Waals surface area (Å²) >= 11 is 5.54. The van der Waals surface area contributed by atoms with E-state index in [2.05, 4.69) is 11.4 Å². The zero-order chi connectivity index (χ0) is 11.1. The Balaban J connectivity index is 2.64. The van der Waals surface area contributed by atoms with E-state index in [4.69, 9.17) is 16.3 Å². The molecule has 0 aliphatic heterocycles. The van der Waals surface area contributed by atoms with Crippen LogP contribution in [0.1, 0.15) is 13.3 Å². The molecule has 0 unspecified atom stereocenters. The molecule has 1 aromatic carbocycles. The van der Waals surface area contributed by atoms with Gasteiger partial charge in [0.05, 0.1) is 12.3 Å². The molecule has 81 valence electrons. The monoisotopic (exact) mass is 226 g/mol. The molecule has 1 radical (unpaired) electrons. The predicted molar refractivity (Wildman–Crippen MR) is 60.4 cm³/mol. The number of rotatable bonds is 5. The van der Waals surface area contributed by atoms with Gasteiger partial charge in [0.15, 0.2) is 0 Å². The summed E-state index contributed by atoms with van der Waals surface area (Å²) in [5, 5.41) is 2.67. The zero-order valence-electron chi connectivity index (χ0n) is 8.55. The van der Waals surface area contributed by atoms with Crippen molar-refractivity contribution in [1.29, 1.82) is 0 Å². The molecule has 0 aliphatic carbocycles. The van der Waals surface area contributed by atoms with Crippen molar-refractivity contribution in [3.63, 3.8) is 0 Å². The SMILES string of the molecule is CC(=O)Nc1c[c]ccc1OCCCCl. The van der Waals surface area contributed by atoms with Gasteiger partial charge in [-0.25, -0.2) is 0 Å². The number of nitrogens with one attached hydrogen (secondary N) is 1. The lowest BCUT2D eigenvalue weighted by molar-refractivity contribution is -0.114. The van der Waals surface area contributed by atoms with Crippen LogP contribution in [0.3, 0.4) is 0 Å². The molecular weight excluding hydrogens is 214 g/mol. The molecular formula is C11H13ClNO2. The maximum absolute atomic E-state index is 10.9. The number of amides is 1. The first-order chi connectivity index (χ1) is 7.24. The van der Waals surface area contributed by atoms with Crippen LogP contribution in [0.5, 0.6) is 5.75 Å². The van der Waals surface area contributed by atoms with E-state index in [9.17, 15) is 4.79 Å². The molecule has 0 bridgehead atoms. The van der Waals surface area contributed by atoms with E-state index in [0.29, 0.717) is 23.9 Å². The van der Waals surface area contributed by atoms with Gasteiger partial charge >= 0.3 is 0 Å². The number of anilines is 1. The molecule has 4 heteroatoms. The van der Waals surface area contributed by atoms with Crippen LogP contribution >= 0.6 is 11.6 Å². The quantitative estimate of drug-likeness (QED) is 0.619. The summed E-state index contributed by atoms with van der Waals surface area (Å²) < 4.78 is 5.46. The number of benzene rings is 1. The van der Waals surface area contributed by atoms with Crippen LogP contribution in [-0.4, -0.2) is 18.4 Å². The maximum Gasteiger partial charge on any atom is 0.221 e. The third-order valence-corrected chi connectivity index (χ3v) is 1.94. The molecule has 3 nitrogen and oxygen atoms in total. The summed E-state index contributed by atoms with van der Waals surface area (Å²) in [4.78, 5) is 10.9. The Hall–Kier alpha value is -1.22. The number of ether oxygens (including phenoxy) is 1. The number of hydrogen-bond donors (Lipinski definition) is 1. The normalized spacial score (nSPS) is 9.73. The van der Waals surface area contributed by atoms with E-state index < -0.39 is 0 Å². The van der Waals surface area contributed by atoms with E-state index in [1.165, 1.54) is 6.92 Å². The van der Waals surface area contributed by atoms with E-state index in [0.717, 1.165) is 6.42 Å². The van der Waals surface area contributed by atoms with Crippen LogP contribution in [0.15, 0.2) is 18.2 Å². The summed E-state index contributed by atoms with van der Waals surface area (Å²) in [5.74, 6) is 1.08. The molecule has 0 fully saturated rings. The van der Waals surface area contributed by atoms with Gasteiger partial charge in [0.1, 0.15) is 5.75 Å². The van der Waals surface area contributed by atoms with Gasteiger partial charge in [-0.2, -0.15) is 0 Å². The highest BCUT2D eigenvalue weighted by Crippen LogP contribution is 2.23. The smallest absolute Gasteiger partial charge is 0.221 e. The van der Waals surface area contributed by atoms with Crippen molar-refractivity contribution in [3.05, 3.63) is 24.3 Å². The molecule has 0 aliphatic rings. The summed E-state index contributed by atoms with van der Waals surface area (Å²) in [6.45, 7) is 2.00. The Morgan fingerprint density at radius 1 is 1.67 bits per heavy atom. The minimum atomic E-state index is -0.128. The maximum atomic E-state index is 10.9. The first kappa shape index (κ1) is 11.9. The van der Waals surface area contributed by atoms with Crippen molar-refractivity contribution in [2.75, 3.05) is 17.8 Å². The van der Waals surface area contributed by atoms with Gasteiger partial charge in [0.2, 0.25) is 5.91 Å². The van der Waals surface area contributed by atoms with Crippen molar-refractivity contribution in [1.82, 2.24) is 0 Å². The van der Waals surface area contributed by atoms with Gasteiger partial charge in [-0.3, -0.25) is 4.79 Å². The number of carbonyl (C=O) groups excluding carboxylic acids is 1. The summed E-state index contributed by atoms with van der Waals surface area (Å²) in [6, 6.07) is 8.06. The molecule has 0 spiro atoms. The molecule has 0 saturated heterocycles. The van der Waals surface area contributed by atoms with Gasteiger partial charge in [-0.1, -0.05) is 6.07 Å². The van der Waals surface area contributed by atoms with Gasteiger partial charge < -0.3 is 10.1 Å². The predicted octanol–water partition coefficient (Wildman–Crippen LogP) is 2.45. The van der Waals surface area contributed by atoms with E-state index in [-0.39, 0.29) is 5.91 Å². The first-order valence-corrected chi connectivity index (χ1v) is 5.24. The highest BCUT2D eigenvalue weighted by molar-refractivity contribution is 6.17. The van der Waals surface area contributed by atoms with Gasteiger partial charge in [-0.05, 0) is 24.6 Å². The van der Waals surface area contributed by atoms with Crippen molar-refractivity contribution in [3.8, 4) is 5.75 Å². The Bertz CT molecular complexity index is 328. The lowest BCUT2D eigenvalue weighted by atomic mass is 10.3. The van der Waals surface area contributed by atoms with E-state index in [1.54, 1.807) is 18.2 Å². The number of alkyl halides is 1. The Labute approximate surface area is 94.4 Å². The summed E-state index contributed by atoms with van der Waals surface area (Å²) in [7, 11) is 0. The fraction of sp³-hybridized carbons (Fsp3) is 0.364. The Morgan fingerprint density at radius 3 is 3.13 bits per heavy atom. The second kappa shape index (κ2) is 6.30.